The molecule has 25 heavy (non-hydrogen) atoms. The number of nitrogens with zero attached hydrogens (tertiary/aromatic N) is 1. The van der Waals surface area contributed by atoms with E-state index in [9.17, 15) is 9.59 Å². The van der Waals surface area contributed by atoms with E-state index in [1.165, 1.54) is 0 Å². The minimum atomic E-state index is -0.612. The van der Waals surface area contributed by atoms with Crippen LogP contribution in [0.5, 0.6) is 5.75 Å². The summed E-state index contributed by atoms with van der Waals surface area (Å²) in [5.41, 5.74) is 0.662. The summed E-state index contributed by atoms with van der Waals surface area (Å²) in [6.45, 7) is 6.47. The molecule has 1 aliphatic heterocycles. The Hall–Kier alpha value is -2.28. The van der Waals surface area contributed by atoms with E-state index in [0.717, 1.165) is 0 Å². The lowest BCUT2D eigenvalue weighted by Crippen LogP contribution is -2.42. The van der Waals surface area contributed by atoms with Crippen LogP contribution < -0.4 is 15.0 Å². The lowest BCUT2D eigenvalue weighted by atomic mass is 9.93. The standard InChI is InChI=1S/C18H19BrN2O4/c1-4-21-12-6-5-11(20-16(22)13-7-8-15(19)25-13)9-14(12)24-10-18(2,3)17(21)23/h5-9H,4,10H2,1-3H3,(H,20,22). The highest BCUT2D eigenvalue weighted by atomic mass is 79.9. The predicted octanol–water partition coefficient (Wildman–Crippen LogP) is 4.07. The van der Waals surface area contributed by atoms with Crippen molar-refractivity contribution in [3.05, 3.63) is 40.8 Å². The smallest absolute Gasteiger partial charge is 0.291 e. The first kappa shape index (κ1) is 17.5. The number of halogens is 1. The molecule has 1 N–H and O–H groups in total. The summed E-state index contributed by atoms with van der Waals surface area (Å²) in [7, 11) is 0. The molecule has 0 bridgehead atoms. The molecule has 0 saturated heterocycles. The third-order valence-corrected chi connectivity index (χ3v) is 4.46. The lowest BCUT2D eigenvalue weighted by molar-refractivity contribution is -0.127. The molecule has 0 spiro atoms. The van der Waals surface area contributed by atoms with Gasteiger partial charge in [0.05, 0.1) is 11.1 Å². The van der Waals surface area contributed by atoms with Gasteiger partial charge in [0.25, 0.3) is 5.91 Å². The quantitative estimate of drug-likeness (QED) is 0.833. The summed E-state index contributed by atoms with van der Waals surface area (Å²) in [5, 5.41) is 2.77. The van der Waals surface area contributed by atoms with Crippen LogP contribution in [-0.4, -0.2) is 25.0 Å². The molecule has 132 valence electrons. The Morgan fingerprint density at radius 3 is 2.72 bits per heavy atom. The number of carbonyl (C=O) groups excluding carboxylic acids is 2. The van der Waals surface area contributed by atoms with E-state index < -0.39 is 5.41 Å². The van der Waals surface area contributed by atoms with E-state index >= 15 is 0 Å². The molecule has 0 fully saturated rings. The summed E-state index contributed by atoms with van der Waals surface area (Å²) >= 11 is 3.17. The fraction of sp³-hybridized carbons (Fsp3) is 0.333. The minimum absolute atomic E-state index is 0.0194. The molecule has 2 aromatic rings. The van der Waals surface area contributed by atoms with Crippen molar-refractivity contribution in [2.75, 3.05) is 23.4 Å². The zero-order valence-electron chi connectivity index (χ0n) is 14.3. The molecule has 2 heterocycles. The molecule has 7 heteroatoms. The average Bonchev–Trinajstić information content (AvgIpc) is 2.98. The Morgan fingerprint density at radius 1 is 1.32 bits per heavy atom. The first-order valence-corrected chi connectivity index (χ1v) is 8.76. The third-order valence-electron chi connectivity index (χ3n) is 4.03. The van der Waals surface area contributed by atoms with Crippen LogP contribution >= 0.6 is 15.9 Å². The highest BCUT2D eigenvalue weighted by molar-refractivity contribution is 9.10. The summed E-state index contributed by atoms with van der Waals surface area (Å²) in [4.78, 5) is 26.6. The second-order valence-electron chi connectivity index (χ2n) is 6.46. The van der Waals surface area contributed by atoms with Crippen molar-refractivity contribution >= 4 is 39.1 Å². The normalized spacial score (nSPS) is 16.0. The molecule has 1 aromatic heterocycles. The number of amides is 2. The SMILES string of the molecule is CCN1C(=O)C(C)(C)COc2cc(NC(=O)c3ccc(Br)o3)ccc21. The van der Waals surface area contributed by atoms with Crippen LogP contribution in [0.15, 0.2) is 39.4 Å². The molecule has 0 radical (unpaired) electrons. The van der Waals surface area contributed by atoms with Crippen molar-refractivity contribution < 1.29 is 18.7 Å². The summed E-state index contributed by atoms with van der Waals surface area (Å²) in [6, 6.07) is 8.49. The molecule has 3 rings (SSSR count). The number of hydrogen-bond acceptors (Lipinski definition) is 4. The maximum atomic E-state index is 12.7. The number of hydrogen-bond donors (Lipinski definition) is 1. The summed E-state index contributed by atoms with van der Waals surface area (Å²) in [5.74, 6) is 0.433. The number of furan rings is 1. The Bertz CT molecular complexity index is 828. The van der Waals surface area contributed by atoms with Crippen molar-refractivity contribution in [3.8, 4) is 5.75 Å². The van der Waals surface area contributed by atoms with E-state index in [0.29, 0.717) is 28.3 Å². The van der Waals surface area contributed by atoms with Gasteiger partial charge in [-0.25, -0.2) is 0 Å². The first-order valence-electron chi connectivity index (χ1n) is 7.97. The Balaban J connectivity index is 1.88. The van der Waals surface area contributed by atoms with Gasteiger partial charge in [-0.2, -0.15) is 0 Å². The van der Waals surface area contributed by atoms with Gasteiger partial charge in [-0.1, -0.05) is 0 Å². The maximum absolute atomic E-state index is 12.7. The number of carbonyl (C=O) groups is 2. The first-order chi connectivity index (χ1) is 11.8. The highest BCUT2D eigenvalue weighted by Gasteiger charge is 2.37. The topological polar surface area (TPSA) is 71.8 Å². The molecule has 1 aromatic carbocycles. The van der Waals surface area contributed by atoms with Crippen LogP contribution in [0.1, 0.15) is 31.3 Å². The molecule has 6 nitrogen and oxygen atoms in total. The molecule has 2 amide bonds. The zero-order chi connectivity index (χ0) is 18.2. The van der Waals surface area contributed by atoms with Crippen LogP contribution in [0.3, 0.4) is 0 Å². The molecule has 0 aliphatic carbocycles. The van der Waals surface area contributed by atoms with Gasteiger partial charge in [-0.05, 0) is 61.0 Å². The fourth-order valence-corrected chi connectivity index (χ4v) is 2.97. The third kappa shape index (κ3) is 3.42. The largest absolute Gasteiger partial charge is 0.490 e. The van der Waals surface area contributed by atoms with Crippen LogP contribution in [0.2, 0.25) is 0 Å². The van der Waals surface area contributed by atoms with E-state index in [1.54, 1.807) is 35.2 Å². The van der Waals surface area contributed by atoms with Crippen molar-refractivity contribution in [3.63, 3.8) is 0 Å². The number of nitrogens with one attached hydrogen (secondary N) is 1. The number of benzene rings is 1. The molecular weight excluding hydrogens is 388 g/mol. The van der Waals surface area contributed by atoms with Crippen molar-refractivity contribution in [1.29, 1.82) is 0 Å². The number of anilines is 2. The van der Waals surface area contributed by atoms with Gasteiger partial charge in [0.2, 0.25) is 5.91 Å². The van der Waals surface area contributed by atoms with E-state index in [4.69, 9.17) is 9.15 Å². The second kappa shape index (κ2) is 6.55. The minimum Gasteiger partial charge on any atom is -0.490 e. The van der Waals surface area contributed by atoms with Gasteiger partial charge in [0, 0.05) is 18.3 Å². The fourth-order valence-electron chi connectivity index (χ4n) is 2.67. The Kier molecular flexibility index (Phi) is 4.60. The van der Waals surface area contributed by atoms with Gasteiger partial charge in [-0.15, -0.1) is 0 Å². The van der Waals surface area contributed by atoms with E-state index in [-0.39, 0.29) is 24.2 Å². The van der Waals surface area contributed by atoms with Gasteiger partial charge < -0.3 is 19.4 Å². The highest BCUT2D eigenvalue weighted by Crippen LogP contribution is 2.38. The molecular formula is C18H19BrN2O4. The Labute approximate surface area is 154 Å². The lowest BCUT2D eigenvalue weighted by Gasteiger charge is -2.26. The van der Waals surface area contributed by atoms with Gasteiger partial charge >= 0.3 is 0 Å². The average molecular weight is 407 g/mol. The molecule has 0 atom stereocenters. The van der Waals surface area contributed by atoms with Crippen LogP contribution in [-0.2, 0) is 4.79 Å². The molecule has 0 saturated carbocycles. The van der Waals surface area contributed by atoms with Crippen LogP contribution in [0.4, 0.5) is 11.4 Å². The second-order valence-corrected chi connectivity index (χ2v) is 7.24. The Morgan fingerprint density at radius 2 is 2.08 bits per heavy atom. The predicted molar refractivity (Wildman–Crippen MR) is 98.1 cm³/mol. The van der Waals surface area contributed by atoms with Gasteiger partial charge in [0.15, 0.2) is 10.4 Å². The monoisotopic (exact) mass is 406 g/mol. The summed E-state index contributed by atoms with van der Waals surface area (Å²) < 4.78 is 11.6. The van der Waals surface area contributed by atoms with E-state index in [2.05, 4.69) is 21.2 Å². The van der Waals surface area contributed by atoms with E-state index in [1.807, 2.05) is 20.8 Å². The number of fused-ring (bicyclic) bond motifs is 1. The van der Waals surface area contributed by atoms with Crippen LogP contribution in [0, 0.1) is 5.41 Å². The molecule has 1 aliphatic rings. The zero-order valence-corrected chi connectivity index (χ0v) is 15.8. The van der Waals surface area contributed by atoms with Gasteiger partial charge in [-0.3, -0.25) is 9.59 Å². The van der Waals surface area contributed by atoms with Crippen molar-refractivity contribution in [2.24, 2.45) is 5.41 Å². The maximum Gasteiger partial charge on any atom is 0.291 e. The number of rotatable bonds is 3. The number of ether oxygens (including phenoxy) is 1. The summed E-state index contributed by atoms with van der Waals surface area (Å²) in [6.07, 6.45) is 0. The molecule has 0 unspecified atom stereocenters. The van der Waals surface area contributed by atoms with Crippen LogP contribution in [0.25, 0.3) is 0 Å². The van der Waals surface area contributed by atoms with Crippen molar-refractivity contribution in [2.45, 2.75) is 20.8 Å². The van der Waals surface area contributed by atoms with Gasteiger partial charge in [0.1, 0.15) is 12.4 Å². The van der Waals surface area contributed by atoms with Crippen molar-refractivity contribution in [1.82, 2.24) is 0 Å².